The molecule has 0 amide bonds. The molecule has 0 aliphatic rings. The Hall–Kier alpha value is -3.15. The SMILES string of the molecule is COc1ccc(CCn2cc(-c3ccco3)c(C(=O)O)c2C)cc1OC. The molecule has 0 saturated carbocycles. The molecule has 0 bridgehead atoms. The first-order valence-electron chi connectivity index (χ1n) is 8.23. The molecular weight excluding hydrogens is 334 g/mol. The summed E-state index contributed by atoms with van der Waals surface area (Å²) in [5, 5.41) is 9.58. The van der Waals surface area contributed by atoms with Gasteiger partial charge in [-0.1, -0.05) is 6.07 Å². The van der Waals surface area contributed by atoms with E-state index in [0.717, 1.165) is 12.0 Å². The fourth-order valence-electron chi connectivity index (χ4n) is 3.06. The summed E-state index contributed by atoms with van der Waals surface area (Å²) in [7, 11) is 3.21. The third-order valence-corrected chi connectivity index (χ3v) is 4.44. The van der Waals surface area contributed by atoms with Crippen molar-refractivity contribution < 1.29 is 23.8 Å². The summed E-state index contributed by atoms with van der Waals surface area (Å²) in [4.78, 5) is 11.7. The number of hydrogen-bond donors (Lipinski definition) is 1. The van der Waals surface area contributed by atoms with Crippen molar-refractivity contribution in [3.05, 3.63) is 59.6 Å². The van der Waals surface area contributed by atoms with Crippen molar-refractivity contribution in [2.75, 3.05) is 14.2 Å². The van der Waals surface area contributed by atoms with E-state index < -0.39 is 5.97 Å². The summed E-state index contributed by atoms with van der Waals surface area (Å²) >= 11 is 0. The molecular formula is C20H21NO5. The Morgan fingerprint density at radius 2 is 1.96 bits per heavy atom. The van der Waals surface area contributed by atoms with E-state index in [1.54, 1.807) is 26.4 Å². The molecule has 1 N–H and O–H groups in total. The minimum atomic E-state index is -0.959. The van der Waals surface area contributed by atoms with Gasteiger partial charge < -0.3 is 23.6 Å². The van der Waals surface area contributed by atoms with E-state index in [4.69, 9.17) is 13.9 Å². The number of furan rings is 1. The third kappa shape index (κ3) is 3.31. The minimum Gasteiger partial charge on any atom is -0.493 e. The standard InChI is InChI=1S/C20H21NO5/c1-13-19(20(22)23)15(16-5-4-10-26-16)12-21(13)9-8-14-6-7-17(24-2)18(11-14)25-3/h4-7,10-12H,8-9H2,1-3H3,(H,22,23). The molecule has 0 radical (unpaired) electrons. The number of carboxylic acid groups (broad SMARTS) is 1. The number of carboxylic acids is 1. The van der Waals surface area contributed by atoms with Crippen LogP contribution in [-0.2, 0) is 13.0 Å². The van der Waals surface area contributed by atoms with Crippen molar-refractivity contribution in [1.82, 2.24) is 4.57 Å². The number of aryl methyl sites for hydroxylation is 2. The number of nitrogens with zero attached hydrogens (tertiary/aromatic N) is 1. The van der Waals surface area contributed by atoms with Gasteiger partial charge in [-0.2, -0.15) is 0 Å². The van der Waals surface area contributed by atoms with Crippen molar-refractivity contribution in [2.45, 2.75) is 19.9 Å². The highest BCUT2D eigenvalue weighted by molar-refractivity contribution is 5.96. The molecule has 0 unspecified atom stereocenters. The van der Waals surface area contributed by atoms with Gasteiger partial charge in [-0.25, -0.2) is 4.79 Å². The van der Waals surface area contributed by atoms with Crippen LogP contribution in [0.25, 0.3) is 11.3 Å². The molecule has 0 aliphatic carbocycles. The normalized spacial score (nSPS) is 10.7. The number of aromatic nitrogens is 1. The fourth-order valence-corrected chi connectivity index (χ4v) is 3.06. The summed E-state index contributed by atoms with van der Waals surface area (Å²) < 4.78 is 17.9. The zero-order chi connectivity index (χ0) is 18.7. The fraction of sp³-hybridized carbons (Fsp3) is 0.250. The molecule has 0 saturated heterocycles. The molecule has 6 heteroatoms. The first-order chi connectivity index (χ1) is 12.5. The number of benzene rings is 1. The smallest absolute Gasteiger partial charge is 0.338 e. The van der Waals surface area contributed by atoms with Crippen LogP contribution in [0.5, 0.6) is 11.5 Å². The highest BCUT2D eigenvalue weighted by Gasteiger charge is 2.21. The van der Waals surface area contributed by atoms with Crippen LogP contribution in [0.1, 0.15) is 21.6 Å². The molecule has 26 heavy (non-hydrogen) atoms. The largest absolute Gasteiger partial charge is 0.493 e. The van der Waals surface area contributed by atoms with Gasteiger partial charge in [-0.05, 0) is 43.2 Å². The summed E-state index contributed by atoms with van der Waals surface area (Å²) in [6, 6.07) is 9.29. The highest BCUT2D eigenvalue weighted by Crippen LogP contribution is 2.30. The van der Waals surface area contributed by atoms with E-state index in [0.29, 0.717) is 35.1 Å². The molecule has 3 aromatic rings. The number of hydrogen-bond acceptors (Lipinski definition) is 4. The van der Waals surface area contributed by atoms with Crippen molar-refractivity contribution in [1.29, 1.82) is 0 Å². The van der Waals surface area contributed by atoms with Gasteiger partial charge in [0.1, 0.15) is 5.76 Å². The lowest BCUT2D eigenvalue weighted by Gasteiger charge is -2.11. The first-order valence-corrected chi connectivity index (χ1v) is 8.23. The van der Waals surface area contributed by atoms with Crippen molar-refractivity contribution in [2.24, 2.45) is 0 Å². The second kappa shape index (κ2) is 7.39. The van der Waals surface area contributed by atoms with E-state index in [-0.39, 0.29) is 5.56 Å². The van der Waals surface area contributed by atoms with Crippen molar-refractivity contribution in [3.8, 4) is 22.8 Å². The van der Waals surface area contributed by atoms with Crippen LogP contribution in [0.2, 0.25) is 0 Å². The van der Waals surface area contributed by atoms with Gasteiger partial charge in [-0.15, -0.1) is 0 Å². The molecule has 2 heterocycles. The number of ether oxygens (including phenoxy) is 2. The van der Waals surface area contributed by atoms with Crippen LogP contribution in [-0.4, -0.2) is 29.9 Å². The van der Waals surface area contributed by atoms with Gasteiger partial charge in [0.15, 0.2) is 11.5 Å². The van der Waals surface area contributed by atoms with Gasteiger partial charge in [0, 0.05) is 24.0 Å². The number of rotatable bonds is 7. The van der Waals surface area contributed by atoms with Crippen molar-refractivity contribution >= 4 is 5.97 Å². The van der Waals surface area contributed by atoms with Crippen molar-refractivity contribution in [3.63, 3.8) is 0 Å². The zero-order valence-electron chi connectivity index (χ0n) is 15.0. The van der Waals surface area contributed by atoms with Crippen LogP contribution in [0.15, 0.2) is 47.2 Å². The molecule has 136 valence electrons. The Kier molecular flexibility index (Phi) is 5.02. The maximum Gasteiger partial charge on any atom is 0.338 e. The van der Waals surface area contributed by atoms with Gasteiger partial charge >= 0.3 is 5.97 Å². The first kappa shape index (κ1) is 17.7. The van der Waals surface area contributed by atoms with Crippen LogP contribution < -0.4 is 9.47 Å². The summed E-state index contributed by atoms with van der Waals surface area (Å²) in [6.45, 7) is 2.45. The summed E-state index contributed by atoms with van der Waals surface area (Å²) in [5.74, 6) is 0.951. The average Bonchev–Trinajstić information content (AvgIpc) is 3.27. The molecule has 2 aromatic heterocycles. The average molecular weight is 355 g/mol. The molecule has 0 atom stereocenters. The topological polar surface area (TPSA) is 73.8 Å². The third-order valence-electron chi connectivity index (χ3n) is 4.44. The van der Waals surface area contributed by atoms with Crippen LogP contribution >= 0.6 is 0 Å². The lowest BCUT2D eigenvalue weighted by atomic mass is 10.1. The van der Waals surface area contributed by atoms with Crippen LogP contribution in [0.3, 0.4) is 0 Å². The highest BCUT2D eigenvalue weighted by atomic mass is 16.5. The molecule has 0 spiro atoms. The number of methoxy groups -OCH3 is 2. The minimum absolute atomic E-state index is 0.271. The van der Waals surface area contributed by atoms with E-state index >= 15 is 0 Å². The molecule has 1 aromatic carbocycles. The maximum absolute atomic E-state index is 11.7. The van der Waals surface area contributed by atoms with Gasteiger partial charge in [-0.3, -0.25) is 0 Å². The van der Waals surface area contributed by atoms with E-state index in [1.807, 2.05) is 35.9 Å². The number of aromatic carboxylic acids is 1. The van der Waals surface area contributed by atoms with E-state index in [2.05, 4.69) is 0 Å². The lowest BCUT2D eigenvalue weighted by molar-refractivity contribution is 0.0696. The lowest BCUT2D eigenvalue weighted by Crippen LogP contribution is -2.05. The van der Waals surface area contributed by atoms with Gasteiger partial charge in [0.25, 0.3) is 0 Å². The Bertz CT molecular complexity index is 909. The second-order valence-corrected chi connectivity index (χ2v) is 5.92. The summed E-state index contributed by atoms with van der Waals surface area (Å²) in [6.07, 6.45) is 4.10. The predicted molar refractivity (Wildman–Crippen MR) is 97.1 cm³/mol. The molecule has 3 rings (SSSR count). The number of carbonyl (C=O) groups is 1. The Morgan fingerprint density at radius 1 is 1.19 bits per heavy atom. The predicted octanol–water partition coefficient (Wildman–Crippen LogP) is 4.01. The zero-order valence-corrected chi connectivity index (χ0v) is 15.0. The molecule has 0 fully saturated rings. The van der Waals surface area contributed by atoms with E-state index in [9.17, 15) is 9.90 Å². The van der Waals surface area contributed by atoms with E-state index in [1.165, 1.54) is 6.26 Å². The van der Waals surface area contributed by atoms with Gasteiger partial charge in [0.05, 0.1) is 26.0 Å². The Morgan fingerprint density at radius 3 is 2.58 bits per heavy atom. The van der Waals surface area contributed by atoms with Crippen LogP contribution in [0, 0.1) is 6.92 Å². The second-order valence-electron chi connectivity index (χ2n) is 5.92. The molecule has 6 nitrogen and oxygen atoms in total. The summed E-state index contributed by atoms with van der Waals surface area (Å²) in [5.41, 5.74) is 2.64. The molecule has 0 aliphatic heterocycles. The Balaban J connectivity index is 1.87. The maximum atomic E-state index is 11.7. The Labute approximate surface area is 151 Å². The van der Waals surface area contributed by atoms with Crippen LogP contribution in [0.4, 0.5) is 0 Å². The quantitative estimate of drug-likeness (QED) is 0.693. The monoisotopic (exact) mass is 355 g/mol. The van der Waals surface area contributed by atoms with Gasteiger partial charge in [0.2, 0.25) is 0 Å².